The van der Waals surface area contributed by atoms with E-state index in [-0.39, 0.29) is 11.2 Å². The number of benzene rings is 1. The Morgan fingerprint density at radius 1 is 1.08 bits per heavy atom. The van der Waals surface area contributed by atoms with E-state index in [1.807, 2.05) is 57.3 Å². The fourth-order valence-corrected chi connectivity index (χ4v) is 3.05. The molecule has 1 aromatic carbocycles. The summed E-state index contributed by atoms with van der Waals surface area (Å²) < 4.78 is 4.57. The summed E-state index contributed by atoms with van der Waals surface area (Å²) in [6.45, 7) is 6.49. The lowest BCUT2D eigenvalue weighted by molar-refractivity contribution is 0.604. The van der Waals surface area contributed by atoms with Gasteiger partial charge in [-0.1, -0.05) is 30.3 Å². The van der Waals surface area contributed by atoms with E-state index in [1.54, 1.807) is 16.1 Å². The smallest absolute Gasteiger partial charge is 0.322 e. The second-order valence-electron chi connectivity index (χ2n) is 5.97. The third-order valence-electron chi connectivity index (χ3n) is 4.48. The summed E-state index contributed by atoms with van der Waals surface area (Å²) in [4.78, 5) is 29.8. The molecule has 0 fully saturated rings. The van der Waals surface area contributed by atoms with Gasteiger partial charge in [0.15, 0.2) is 11.2 Å². The van der Waals surface area contributed by atoms with E-state index in [4.69, 9.17) is 0 Å². The van der Waals surface area contributed by atoms with Crippen LogP contribution in [0.25, 0.3) is 22.8 Å². The Morgan fingerprint density at radius 3 is 2.32 bits per heavy atom. The maximum Gasteiger partial charge on any atom is 0.332 e. The molecule has 2 heterocycles. The van der Waals surface area contributed by atoms with Crippen LogP contribution in [0.15, 0.2) is 39.9 Å². The number of nitrogens with zero attached hydrogens (tertiary/aromatic N) is 4. The summed E-state index contributed by atoms with van der Waals surface area (Å²) >= 11 is 0. The van der Waals surface area contributed by atoms with Gasteiger partial charge < -0.3 is 4.57 Å². The average molecular weight is 338 g/mol. The number of hydrogen-bond donors (Lipinski definition) is 0. The molecule has 0 aliphatic rings. The molecule has 3 rings (SSSR count). The van der Waals surface area contributed by atoms with E-state index in [0.717, 1.165) is 11.1 Å². The molecule has 0 N–H and O–H groups in total. The SMILES string of the molecule is CCn1c(=O)c2c(nc(/C=C(\C)c3ccccc3)n2C)n(CC)c1=O. The second kappa shape index (κ2) is 6.55. The van der Waals surface area contributed by atoms with E-state index in [9.17, 15) is 9.59 Å². The van der Waals surface area contributed by atoms with Crippen LogP contribution in [0.4, 0.5) is 0 Å². The van der Waals surface area contributed by atoms with Gasteiger partial charge in [-0.05, 0) is 38.0 Å². The van der Waals surface area contributed by atoms with Gasteiger partial charge in [-0.25, -0.2) is 9.78 Å². The van der Waals surface area contributed by atoms with Gasteiger partial charge in [0.1, 0.15) is 5.82 Å². The van der Waals surface area contributed by atoms with E-state index in [2.05, 4.69) is 4.98 Å². The molecule has 0 unspecified atom stereocenters. The molecule has 0 spiro atoms. The Kier molecular flexibility index (Phi) is 4.44. The Hall–Kier alpha value is -2.89. The number of aryl methyl sites for hydroxylation is 2. The molecule has 3 aromatic rings. The lowest BCUT2D eigenvalue weighted by Crippen LogP contribution is -2.39. The van der Waals surface area contributed by atoms with Crippen molar-refractivity contribution in [3.05, 3.63) is 62.6 Å². The van der Waals surface area contributed by atoms with Crippen LogP contribution >= 0.6 is 0 Å². The van der Waals surface area contributed by atoms with Crippen molar-refractivity contribution in [1.29, 1.82) is 0 Å². The molecule has 6 heteroatoms. The summed E-state index contributed by atoms with van der Waals surface area (Å²) in [7, 11) is 1.81. The standard InChI is InChI=1S/C19H22N4O2/c1-5-22-17-16(18(24)23(6-2)19(22)25)21(4)15(20-17)12-13(3)14-10-8-7-9-11-14/h7-12H,5-6H2,1-4H3/b13-12+. The molecule has 0 atom stereocenters. The molecule has 130 valence electrons. The van der Waals surface area contributed by atoms with E-state index < -0.39 is 0 Å². The Bertz CT molecular complexity index is 1070. The number of allylic oxidation sites excluding steroid dienone is 1. The van der Waals surface area contributed by atoms with Gasteiger partial charge in [0, 0.05) is 20.1 Å². The van der Waals surface area contributed by atoms with Gasteiger partial charge in [0.05, 0.1) is 0 Å². The predicted molar refractivity (Wildman–Crippen MR) is 101 cm³/mol. The fourth-order valence-electron chi connectivity index (χ4n) is 3.05. The average Bonchev–Trinajstić information content (AvgIpc) is 2.93. The van der Waals surface area contributed by atoms with Crippen LogP contribution in [0.1, 0.15) is 32.2 Å². The van der Waals surface area contributed by atoms with Gasteiger partial charge in [-0.3, -0.25) is 13.9 Å². The summed E-state index contributed by atoms with van der Waals surface area (Å²) in [5.41, 5.74) is 2.43. The highest BCUT2D eigenvalue weighted by Crippen LogP contribution is 2.18. The molecule has 2 aromatic heterocycles. The van der Waals surface area contributed by atoms with Crippen molar-refractivity contribution in [3.8, 4) is 0 Å². The zero-order valence-electron chi connectivity index (χ0n) is 15.0. The van der Waals surface area contributed by atoms with Crippen LogP contribution in [0.3, 0.4) is 0 Å². The minimum absolute atomic E-state index is 0.292. The molecular weight excluding hydrogens is 316 g/mol. The molecule has 0 aliphatic carbocycles. The molecule has 6 nitrogen and oxygen atoms in total. The van der Waals surface area contributed by atoms with Crippen molar-refractivity contribution in [1.82, 2.24) is 18.7 Å². The lowest BCUT2D eigenvalue weighted by Gasteiger charge is -2.08. The van der Waals surface area contributed by atoms with Crippen molar-refractivity contribution >= 4 is 22.8 Å². The van der Waals surface area contributed by atoms with Crippen LogP contribution in [0.2, 0.25) is 0 Å². The second-order valence-corrected chi connectivity index (χ2v) is 5.97. The Morgan fingerprint density at radius 2 is 1.72 bits per heavy atom. The van der Waals surface area contributed by atoms with Gasteiger partial charge in [0.25, 0.3) is 5.56 Å². The minimum Gasteiger partial charge on any atom is -0.322 e. The van der Waals surface area contributed by atoms with Crippen molar-refractivity contribution in [2.75, 3.05) is 0 Å². The van der Waals surface area contributed by atoms with Crippen LogP contribution in [0, 0.1) is 0 Å². The first kappa shape index (κ1) is 17.0. The van der Waals surface area contributed by atoms with Crippen molar-refractivity contribution < 1.29 is 0 Å². The number of fused-ring (bicyclic) bond motifs is 1. The predicted octanol–water partition coefficient (Wildman–Crippen LogP) is 2.50. The highest BCUT2D eigenvalue weighted by Gasteiger charge is 2.18. The number of hydrogen-bond acceptors (Lipinski definition) is 3. The summed E-state index contributed by atoms with van der Waals surface area (Å²) in [5.74, 6) is 0.656. The number of imidazole rings is 1. The first-order valence-electron chi connectivity index (χ1n) is 8.43. The summed E-state index contributed by atoms with van der Waals surface area (Å²) in [6.07, 6.45) is 1.94. The van der Waals surface area contributed by atoms with Crippen LogP contribution in [-0.4, -0.2) is 18.7 Å². The van der Waals surface area contributed by atoms with Crippen LogP contribution in [0.5, 0.6) is 0 Å². The zero-order valence-corrected chi connectivity index (χ0v) is 15.0. The van der Waals surface area contributed by atoms with Gasteiger partial charge in [0.2, 0.25) is 0 Å². The Balaban J connectivity index is 2.30. The molecule has 0 aliphatic heterocycles. The quantitative estimate of drug-likeness (QED) is 0.734. The van der Waals surface area contributed by atoms with E-state index in [1.165, 1.54) is 4.57 Å². The number of aromatic nitrogens is 4. The van der Waals surface area contributed by atoms with Crippen molar-refractivity contribution in [2.45, 2.75) is 33.9 Å². The van der Waals surface area contributed by atoms with Crippen molar-refractivity contribution in [2.24, 2.45) is 7.05 Å². The van der Waals surface area contributed by atoms with Gasteiger partial charge in [-0.2, -0.15) is 0 Å². The maximum absolute atomic E-state index is 12.7. The normalized spacial score (nSPS) is 12.1. The van der Waals surface area contributed by atoms with Gasteiger partial charge in [-0.15, -0.1) is 0 Å². The third kappa shape index (κ3) is 2.73. The van der Waals surface area contributed by atoms with Crippen LogP contribution in [-0.2, 0) is 20.1 Å². The first-order chi connectivity index (χ1) is 12.0. The maximum atomic E-state index is 12.7. The molecule has 25 heavy (non-hydrogen) atoms. The topological polar surface area (TPSA) is 61.8 Å². The highest BCUT2D eigenvalue weighted by molar-refractivity contribution is 5.82. The lowest BCUT2D eigenvalue weighted by atomic mass is 10.1. The molecule has 0 saturated heterocycles. The molecule has 0 amide bonds. The number of rotatable bonds is 4. The largest absolute Gasteiger partial charge is 0.332 e. The third-order valence-corrected chi connectivity index (χ3v) is 4.48. The van der Waals surface area contributed by atoms with Crippen molar-refractivity contribution in [3.63, 3.8) is 0 Å². The monoisotopic (exact) mass is 338 g/mol. The minimum atomic E-state index is -0.309. The van der Waals surface area contributed by atoms with Crippen LogP contribution < -0.4 is 11.2 Å². The Labute approximate surface area is 145 Å². The summed E-state index contributed by atoms with van der Waals surface area (Å²) in [5, 5.41) is 0. The molecular formula is C19H22N4O2. The van der Waals surface area contributed by atoms with E-state index >= 15 is 0 Å². The molecule has 0 saturated carbocycles. The summed E-state index contributed by atoms with van der Waals surface area (Å²) in [6, 6.07) is 9.99. The molecule has 0 bridgehead atoms. The fraction of sp³-hybridized carbons (Fsp3) is 0.316. The van der Waals surface area contributed by atoms with Gasteiger partial charge >= 0.3 is 5.69 Å². The highest BCUT2D eigenvalue weighted by atomic mass is 16.2. The molecule has 0 radical (unpaired) electrons. The van der Waals surface area contributed by atoms with E-state index in [0.29, 0.717) is 30.1 Å². The zero-order chi connectivity index (χ0) is 18.1. The first-order valence-corrected chi connectivity index (χ1v) is 8.43.